The Labute approximate surface area is 203 Å². The van der Waals surface area contributed by atoms with Gasteiger partial charge in [0.2, 0.25) is 5.95 Å². The smallest absolute Gasteiger partial charge is 0.319 e. The zero-order valence-electron chi connectivity index (χ0n) is 19.5. The van der Waals surface area contributed by atoms with Gasteiger partial charge in [-0.05, 0) is 49.6 Å². The first-order valence-corrected chi connectivity index (χ1v) is 12.2. The summed E-state index contributed by atoms with van der Waals surface area (Å²) < 4.78 is 5.58. The van der Waals surface area contributed by atoms with Crippen LogP contribution in [-0.4, -0.2) is 64.9 Å². The molecule has 3 aromatic rings. The van der Waals surface area contributed by atoms with Crippen LogP contribution in [0.5, 0.6) is 0 Å². The van der Waals surface area contributed by atoms with Crippen LogP contribution in [-0.2, 0) is 17.7 Å². The summed E-state index contributed by atoms with van der Waals surface area (Å²) >= 11 is 0. The number of carbonyl (C=O) groups is 1. The maximum Gasteiger partial charge on any atom is 0.319 e. The van der Waals surface area contributed by atoms with E-state index >= 15 is 0 Å². The number of hydrogen-bond donors (Lipinski definition) is 2. The summed E-state index contributed by atoms with van der Waals surface area (Å²) in [6, 6.07) is 9.68. The number of hydrogen-bond acceptors (Lipinski definition) is 8. The number of morpholine rings is 1. The summed E-state index contributed by atoms with van der Waals surface area (Å²) in [4.78, 5) is 35.4. The van der Waals surface area contributed by atoms with E-state index in [2.05, 4.69) is 30.4 Å². The van der Waals surface area contributed by atoms with Crippen molar-refractivity contribution in [1.82, 2.24) is 25.3 Å². The minimum atomic E-state index is -0.164. The van der Waals surface area contributed by atoms with Crippen LogP contribution in [0.3, 0.4) is 0 Å². The second kappa shape index (κ2) is 9.46. The summed E-state index contributed by atoms with van der Waals surface area (Å²) in [5.41, 5.74) is 3.84. The lowest BCUT2D eigenvalue weighted by molar-refractivity contribution is 0.122. The fourth-order valence-electron chi connectivity index (χ4n) is 4.48. The second-order valence-corrected chi connectivity index (χ2v) is 9.07. The first-order chi connectivity index (χ1) is 17.2. The van der Waals surface area contributed by atoms with Crippen molar-refractivity contribution in [3.8, 4) is 11.4 Å². The lowest BCUT2D eigenvalue weighted by Gasteiger charge is -2.34. The molecular formula is C25H28N8O2. The average molecular weight is 473 g/mol. The molecule has 0 atom stereocenters. The van der Waals surface area contributed by atoms with Crippen LogP contribution in [0.15, 0.2) is 42.7 Å². The SMILES string of the molecule is O=C(Nc1ccc(-c2nc3c(c(N4CCOCC4)n2)CCN(c2ncccn2)C3)cc1)NC1CC1. The van der Waals surface area contributed by atoms with Crippen molar-refractivity contribution in [2.75, 3.05) is 48.0 Å². The van der Waals surface area contributed by atoms with Crippen molar-refractivity contribution >= 4 is 23.5 Å². The fraction of sp³-hybridized carbons (Fsp3) is 0.400. The number of benzene rings is 1. The Hall–Kier alpha value is -3.79. The molecule has 0 unspecified atom stereocenters. The highest BCUT2D eigenvalue weighted by Gasteiger charge is 2.27. The zero-order chi connectivity index (χ0) is 23.6. The van der Waals surface area contributed by atoms with Gasteiger partial charge in [-0.15, -0.1) is 0 Å². The van der Waals surface area contributed by atoms with E-state index in [0.717, 1.165) is 61.7 Å². The Morgan fingerprint density at radius 3 is 2.49 bits per heavy atom. The standard InChI is InChI=1S/C25H28N8O2/c34-25(29-19-6-7-19)28-18-4-2-17(3-5-18)22-30-21-16-33(24-26-9-1-10-27-24)11-8-20(21)23(31-22)32-12-14-35-15-13-32/h1-5,9-10,19H,6-8,11-16H2,(H2,28,29,34). The van der Waals surface area contributed by atoms with Gasteiger partial charge < -0.3 is 25.2 Å². The van der Waals surface area contributed by atoms with Crippen molar-refractivity contribution in [2.45, 2.75) is 31.8 Å². The number of rotatable bonds is 5. The van der Waals surface area contributed by atoms with Crippen LogP contribution < -0.4 is 20.4 Å². The van der Waals surface area contributed by atoms with Gasteiger partial charge in [-0.3, -0.25) is 0 Å². The normalized spacial score (nSPS) is 17.6. The predicted octanol–water partition coefficient (Wildman–Crippen LogP) is 2.62. The van der Waals surface area contributed by atoms with Crippen LogP contribution >= 0.6 is 0 Å². The van der Waals surface area contributed by atoms with E-state index in [-0.39, 0.29) is 6.03 Å². The molecule has 0 spiro atoms. The quantitative estimate of drug-likeness (QED) is 0.584. The number of nitrogens with one attached hydrogen (secondary N) is 2. The van der Waals surface area contributed by atoms with Gasteiger partial charge in [0.15, 0.2) is 5.82 Å². The molecule has 10 heteroatoms. The number of carbonyl (C=O) groups excluding carboxylic acids is 1. The monoisotopic (exact) mass is 472 g/mol. The molecule has 4 heterocycles. The van der Waals surface area contributed by atoms with Gasteiger partial charge >= 0.3 is 6.03 Å². The first-order valence-electron chi connectivity index (χ1n) is 12.2. The average Bonchev–Trinajstić information content (AvgIpc) is 3.73. The summed E-state index contributed by atoms with van der Waals surface area (Å²) in [5, 5.41) is 5.83. The second-order valence-electron chi connectivity index (χ2n) is 9.07. The number of aromatic nitrogens is 4. The summed E-state index contributed by atoms with van der Waals surface area (Å²) in [6.07, 6.45) is 6.48. The number of anilines is 3. The molecule has 35 heavy (non-hydrogen) atoms. The van der Waals surface area contributed by atoms with Crippen molar-refractivity contribution in [1.29, 1.82) is 0 Å². The molecule has 0 bridgehead atoms. The fourth-order valence-corrected chi connectivity index (χ4v) is 4.48. The number of nitrogens with zero attached hydrogens (tertiary/aromatic N) is 6. The topological polar surface area (TPSA) is 108 Å². The Bertz CT molecular complexity index is 1190. The Balaban J connectivity index is 1.30. The van der Waals surface area contributed by atoms with Crippen molar-refractivity contribution in [3.05, 3.63) is 54.0 Å². The van der Waals surface area contributed by atoms with E-state index < -0.39 is 0 Å². The molecule has 2 aliphatic heterocycles. The first kappa shape index (κ1) is 21.7. The third-order valence-electron chi connectivity index (χ3n) is 6.50. The molecule has 1 saturated carbocycles. The largest absolute Gasteiger partial charge is 0.378 e. The molecule has 10 nitrogen and oxygen atoms in total. The van der Waals surface area contributed by atoms with Crippen LogP contribution in [0.2, 0.25) is 0 Å². The van der Waals surface area contributed by atoms with Crippen LogP contribution in [0, 0.1) is 0 Å². The van der Waals surface area contributed by atoms with E-state index in [9.17, 15) is 4.79 Å². The third kappa shape index (κ3) is 4.88. The van der Waals surface area contributed by atoms with E-state index in [4.69, 9.17) is 14.7 Å². The zero-order valence-corrected chi connectivity index (χ0v) is 19.5. The van der Waals surface area contributed by atoms with Gasteiger partial charge in [-0.2, -0.15) is 0 Å². The molecule has 180 valence electrons. The summed E-state index contributed by atoms with van der Waals surface area (Å²) in [5.74, 6) is 2.38. The lowest BCUT2D eigenvalue weighted by atomic mass is 10.0. The maximum atomic E-state index is 12.1. The molecular weight excluding hydrogens is 444 g/mol. The van der Waals surface area contributed by atoms with E-state index in [1.54, 1.807) is 12.4 Å². The predicted molar refractivity (Wildman–Crippen MR) is 132 cm³/mol. The van der Waals surface area contributed by atoms with E-state index in [1.807, 2.05) is 30.3 Å². The number of ether oxygens (including phenoxy) is 1. The third-order valence-corrected chi connectivity index (χ3v) is 6.50. The Kier molecular flexibility index (Phi) is 5.87. The molecule has 1 aromatic carbocycles. The Morgan fingerprint density at radius 2 is 1.74 bits per heavy atom. The summed E-state index contributed by atoms with van der Waals surface area (Å²) in [7, 11) is 0. The highest BCUT2D eigenvalue weighted by atomic mass is 16.5. The maximum absolute atomic E-state index is 12.1. The van der Waals surface area contributed by atoms with Crippen molar-refractivity contribution in [2.24, 2.45) is 0 Å². The highest BCUT2D eigenvalue weighted by Crippen LogP contribution is 2.31. The molecule has 1 aliphatic carbocycles. The van der Waals surface area contributed by atoms with E-state index in [1.165, 1.54) is 5.56 Å². The van der Waals surface area contributed by atoms with Gasteiger partial charge in [0, 0.05) is 54.9 Å². The van der Waals surface area contributed by atoms with Gasteiger partial charge in [0.25, 0.3) is 0 Å². The molecule has 3 aliphatic rings. The van der Waals surface area contributed by atoms with Crippen molar-refractivity contribution in [3.63, 3.8) is 0 Å². The van der Waals surface area contributed by atoms with Gasteiger partial charge in [-0.25, -0.2) is 24.7 Å². The number of amides is 2. The molecule has 0 radical (unpaired) electrons. The number of fused-ring (bicyclic) bond motifs is 1. The Morgan fingerprint density at radius 1 is 0.971 bits per heavy atom. The molecule has 1 saturated heterocycles. The molecule has 2 N–H and O–H groups in total. The van der Waals surface area contributed by atoms with Crippen LogP contribution in [0.4, 0.5) is 22.2 Å². The van der Waals surface area contributed by atoms with Gasteiger partial charge in [0.05, 0.1) is 25.5 Å². The summed E-state index contributed by atoms with van der Waals surface area (Å²) in [6.45, 7) is 4.47. The minimum Gasteiger partial charge on any atom is -0.378 e. The molecule has 6 rings (SSSR count). The molecule has 2 aromatic heterocycles. The number of urea groups is 1. The van der Waals surface area contributed by atoms with E-state index in [0.29, 0.717) is 37.6 Å². The molecule has 2 fully saturated rings. The van der Waals surface area contributed by atoms with Gasteiger partial charge in [-0.1, -0.05) is 0 Å². The van der Waals surface area contributed by atoms with Crippen LogP contribution in [0.1, 0.15) is 24.1 Å². The van der Waals surface area contributed by atoms with Crippen LogP contribution in [0.25, 0.3) is 11.4 Å². The van der Waals surface area contributed by atoms with Gasteiger partial charge in [0.1, 0.15) is 5.82 Å². The van der Waals surface area contributed by atoms with Crippen molar-refractivity contribution < 1.29 is 9.53 Å². The highest BCUT2D eigenvalue weighted by molar-refractivity contribution is 5.89. The molecule has 2 amide bonds. The lowest BCUT2D eigenvalue weighted by Crippen LogP contribution is -2.39. The minimum absolute atomic E-state index is 0.164.